The van der Waals surface area contributed by atoms with Crippen LogP contribution in [0.25, 0.3) is 0 Å². The van der Waals surface area contributed by atoms with E-state index in [-0.39, 0.29) is 28.2 Å². The number of nitrogens with one attached hydrogen (secondary N) is 1. The van der Waals surface area contributed by atoms with Gasteiger partial charge in [0.25, 0.3) is 11.6 Å². The molecule has 0 fully saturated rings. The van der Waals surface area contributed by atoms with E-state index in [1.165, 1.54) is 18.2 Å². The van der Waals surface area contributed by atoms with Crippen molar-refractivity contribution in [3.05, 3.63) is 38.9 Å². The lowest BCUT2D eigenvalue weighted by Gasteiger charge is -2.17. The molecule has 1 N–H and O–H groups in total. The first-order chi connectivity index (χ1) is 8.32. The zero-order chi connectivity index (χ0) is 13.9. The molecule has 0 saturated heterocycles. The van der Waals surface area contributed by atoms with Crippen LogP contribution < -0.4 is 5.32 Å². The van der Waals surface area contributed by atoms with Gasteiger partial charge >= 0.3 is 0 Å². The Morgan fingerprint density at radius 3 is 2.50 bits per heavy atom. The van der Waals surface area contributed by atoms with Crippen molar-refractivity contribution in [3.8, 4) is 0 Å². The molecule has 1 atom stereocenters. The van der Waals surface area contributed by atoms with Crippen LogP contribution in [0.3, 0.4) is 0 Å². The van der Waals surface area contributed by atoms with Crippen LogP contribution in [0.2, 0.25) is 5.02 Å². The third-order valence-electron chi connectivity index (χ3n) is 2.76. The Labute approximate surface area is 110 Å². The number of nitro benzene ring substituents is 1. The van der Waals surface area contributed by atoms with Crippen molar-refractivity contribution in [2.75, 3.05) is 0 Å². The minimum absolute atomic E-state index is 0.0344. The van der Waals surface area contributed by atoms with Crippen molar-refractivity contribution < 1.29 is 9.72 Å². The summed E-state index contributed by atoms with van der Waals surface area (Å²) in [5, 5.41) is 13.6. The van der Waals surface area contributed by atoms with E-state index in [9.17, 15) is 14.9 Å². The lowest BCUT2D eigenvalue weighted by Crippen LogP contribution is -2.36. The Morgan fingerprint density at radius 1 is 1.39 bits per heavy atom. The largest absolute Gasteiger partial charge is 0.349 e. The molecule has 18 heavy (non-hydrogen) atoms. The molecule has 0 aliphatic carbocycles. The van der Waals surface area contributed by atoms with Gasteiger partial charge in [0.05, 0.1) is 15.5 Å². The molecule has 0 aromatic heterocycles. The van der Waals surface area contributed by atoms with E-state index in [0.29, 0.717) is 0 Å². The van der Waals surface area contributed by atoms with E-state index >= 15 is 0 Å². The Balaban J connectivity index is 2.98. The lowest BCUT2D eigenvalue weighted by molar-refractivity contribution is -0.384. The van der Waals surface area contributed by atoms with Crippen molar-refractivity contribution in [3.63, 3.8) is 0 Å². The van der Waals surface area contributed by atoms with E-state index < -0.39 is 10.8 Å². The summed E-state index contributed by atoms with van der Waals surface area (Å²) < 4.78 is 0. The van der Waals surface area contributed by atoms with Crippen molar-refractivity contribution in [2.24, 2.45) is 5.92 Å². The predicted octanol–water partition coefficient (Wildman–Crippen LogP) is 3.02. The monoisotopic (exact) mass is 270 g/mol. The van der Waals surface area contributed by atoms with Crippen LogP contribution in [0.4, 0.5) is 5.69 Å². The molecule has 1 rings (SSSR count). The van der Waals surface area contributed by atoms with Crippen LogP contribution in [0, 0.1) is 16.0 Å². The first-order valence-corrected chi connectivity index (χ1v) is 5.95. The maximum absolute atomic E-state index is 11.9. The highest BCUT2D eigenvalue weighted by atomic mass is 35.5. The van der Waals surface area contributed by atoms with E-state index in [4.69, 9.17) is 11.6 Å². The second kappa shape index (κ2) is 5.82. The number of rotatable bonds is 4. The van der Waals surface area contributed by atoms with Crippen LogP contribution in [-0.4, -0.2) is 16.9 Å². The van der Waals surface area contributed by atoms with E-state index in [1.807, 2.05) is 20.8 Å². The van der Waals surface area contributed by atoms with Crippen molar-refractivity contribution in [1.29, 1.82) is 0 Å². The summed E-state index contributed by atoms with van der Waals surface area (Å²) >= 11 is 5.88. The molecule has 0 heterocycles. The zero-order valence-corrected chi connectivity index (χ0v) is 11.2. The summed E-state index contributed by atoms with van der Waals surface area (Å²) in [6.45, 7) is 5.81. The van der Waals surface area contributed by atoms with Gasteiger partial charge in [-0.25, -0.2) is 0 Å². The van der Waals surface area contributed by atoms with Gasteiger partial charge in [-0.2, -0.15) is 0 Å². The van der Waals surface area contributed by atoms with E-state index in [0.717, 1.165) is 0 Å². The van der Waals surface area contributed by atoms with Gasteiger partial charge in [-0.3, -0.25) is 14.9 Å². The summed E-state index contributed by atoms with van der Waals surface area (Å²) in [5.41, 5.74) is -0.0277. The molecule has 0 unspecified atom stereocenters. The van der Waals surface area contributed by atoms with Gasteiger partial charge in [-0.05, 0) is 18.9 Å². The molecule has 0 saturated carbocycles. The molecule has 0 bridgehead atoms. The van der Waals surface area contributed by atoms with Crippen LogP contribution in [0.15, 0.2) is 18.2 Å². The molecule has 6 heteroatoms. The number of hydrogen-bond acceptors (Lipinski definition) is 3. The average Bonchev–Trinajstić information content (AvgIpc) is 2.28. The number of nitrogens with zero attached hydrogens (tertiary/aromatic N) is 1. The predicted molar refractivity (Wildman–Crippen MR) is 69.9 cm³/mol. The number of nitro groups is 1. The molecule has 1 aromatic rings. The fraction of sp³-hybridized carbons (Fsp3) is 0.417. The number of hydrogen-bond donors (Lipinski definition) is 1. The maximum Gasteiger partial charge on any atom is 0.270 e. The molecule has 0 radical (unpaired) electrons. The molecule has 1 amide bonds. The lowest BCUT2D eigenvalue weighted by atomic mass is 10.1. The third-order valence-corrected chi connectivity index (χ3v) is 3.09. The van der Waals surface area contributed by atoms with Crippen LogP contribution in [-0.2, 0) is 0 Å². The number of non-ortho nitro benzene ring substituents is 1. The minimum atomic E-state index is -0.557. The highest BCUT2D eigenvalue weighted by molar-refractivity contribution is 6.33. The second-order valence-corrected chi connectivity index (χ2v) is 4.83. The van der Waals surface area contributed by atoms with Gasteiger partial charge in [0.1, 0.15) is 0 Å². The summed E-state index contributed by atoms with van der Waals surface area (Å²) in [6.07, 6.45) is 0. The number of carbonyl (C=O) groups is 1. The van der Waals surface area contributed by atoms with E-state index in [1.54, 1.807) is 0 Å². The van der Waals surface area contributed by atoms with Gasteiger partial charge in [-0.15, -0.1) is 0 Å². The average molecular weight is 271 g/mol. The molecule has 1 aromatic carbocycles. The molecule has 0 spiro atoms. The van der Waals surface area contributed by atoms with Crippen LogP contribution >= 0.6 is 11.6 Å². The SMILES string of the molecule is CC(C)[C@@H](C)NC(=O)c1cc([N+](=O)[O-])ccc1Cl. The zero-order valence-electron chi connectivity index (χ0n) is 10.4. The Kier molecular flexibility index (Phi) is 4.67. The second-order valence-electron chi connectivity index (χ2n) is 4.43. The maximum atomic E-state index is 11.9. The highest BCUT2D eigenvalue weighted by Crippen LogP contribution is 2.22. The smallest absolute Gasteiger partial charge is 0.270 e. The Morgan fingerprint density at radius 2 is 2.00 bits per heavy atom. The van der Waals surface area contributed by atoms with Crippen molar-refractivity contribution in [2.45, 2.75) is 26.8 Å². The van der Waals surface area contributed by atoms with E-state index in [2.05, 4.69) is 5.32 Å². The number of halogens is 1. The van der Waals surface area contributed by atoms with Crippen molar-refractivity contribution in [1.82, 2.24) is 5.32 Å². The summed E-state index contributed by atoms with van der Waals surface area (Å²) in [7, 11) is 0. The highest BCUT2D eigenvalue weighted by Gasteiger charge is 2.18. The summed E-state index contributed by atoms with van der Waals surface area (Å²) in [4.78, 5) is 22.0. The fourth-order valence-electron chi connectivity index (χ4n) is 1.25. The van der Waals surface area contributed by atoms with Gasteiger partial charge in [0, 0.05) is 18.2 Å². The topological polar surface area (TPSA) is 72.2 Å². The van der Waals surface area contributed by atoms with Crippen LogP contribution in [0.5, 0.6) is 0 Å². The molecule has 0 aliphatic rings. The standard InChI is InChI=1S/C12H15ClN2O3/c1-7(2)8(3)14-12(16)10-6-9(15(17)18)4-5-11(10)13/h4-8H,1-3H3,(H,14,16)/t8-/m1/s1. The molecule has 0 aliphatic heterocycles. The first kappa shape index (κ1) is 14.4. The van der Waals surface area contributed by atoms with Crippen molar-refractivity contribution >= 4 is 23.2 Å². The fourth-order valence-corrected chi connectivity index (χ4v) is 1.46. The van der Waals surface area contributed by atoms with Gasteiger partial charge in [-0.1, -0.05) is 25.4 Å². The molecule has 5 nitrogen and oxygen atoms in total. The third kappa shape index (κ3) is 3.43. The summed E-state index contributed by atoms with van der Waals surface area (Å²) in [6, 6.07) is 3.78. The quantitative estimate of drug-likeness (QED) is 0.675. The first-order valence-electron chi connectivity index (χ1n) is 5.57. The normalized spacial score (nSPS) is 12.3. The summed E-state index contributed by atoms with van der Waals surface area (Å²) in [5.74, 6) is -0.128. The molecular weight excluding hydrogens is 256 g/mol. The number of carbonyl (C=O) groups excluding carboxylic acids is 1. The number of benzene rings is 1. The Hall–Kier alpha value is -1.62. The molecule has 98 valence electrons. The van der Waals surface area contributed by atoms with Crippen LogP contribution in [0.1, 0.15) is 31.1 Å². The minimum Gasteiger partial charge on any atom is -0.349 e. The number of amides is 1. The van der Waals surface area contributed by atoms with Gasteiger partial charge < -0.3 is 5.32 Å². The molecular formula is C12H15ClN2O3. The van der Waals surface area contributed by atoms with Gasteiger partial charge in [0.15, 0.2) is 0 Å². The van der Waals surface area contributed by atoms with Gasteiger partial charge in [0.2, 0.25) is 0 Å². The Bertz CT molecular complexity index is 474.